The van der Waals surface area contributed by atoms with Crippen LogP contribution >= 0.6 is 0 Å². The standard InChI is InChI=1S/C20H29N3O/c1-5-9-23-16(3)12-18(17(23)4)13-19(14-21)20(24)22-10-6-7-15(2)8-11-22/h12-13,15H,5-11H2,1-4H3/b19-13+/t15-/m0/s1. The average Bonchev–Trinajstić information content (AvgIpc) is 2.72. The molecule has 0 aromatic carbocycles. The number of aromatic nitrogens is 1. The number of hydrogen-bond acceptors (Lipinski definition) is 2. The van der Waals surface area contributed by atoms with Gasteiger partial charge in [-0.05, 0) is 63.2 Å². The van der Waals surface area contributed by atoms with Crippen molar-refractivity contribution in [2.24, 2.45) is 5.92 Å². The molecule has 1 saturated heterocycles. The first-order valence-corrected chi connectivity index (χ1v) is 9.05. The van der Waals surface area contributed by atoms with Gasteiger partial charge in [0.25, 0.3) is 5.91 Å². The number of amides is 1. The molecule has 4 heteroatoms. The third kappa shape index (κ3) is 4.08. The molecule has 2 rings (SSSR count). The lowest BCUT2D eigenvalue weighted by Crippen LogP contribution is -2.32. The molecule has 1 atom stereocenters. The summed E-state index contributed by atoms with van der Waals surface area (Å²) in [5.41, 5.74) is 3.53. The second kappa shape index (κ2) is 8.19. The Kier molecular flexibility index (Phi) is 6.25. The lowest BCUT2D eigenvalue weighted by molar-refractivity contribution is -0.126. The van der Waals surface area contributed by atoms with Crippen molar-refractivity contribution < 1.29 is 4.79 Å². The van der Waals surface area contributed by atoms with Gasteiger partial charge in [-0.3, -0.25) is 4.79 Å². The fraction of sp³-hybridized carbons (Fsp3) is 0.600. The Balaban J connectivity index is 2.24. The van der Waals surface area contributed by atoms with E-state index < -0.39 is 0 Å². The molecule has 0 bridgehead atoms. The van der Waals surface area contributed by atoms with Crippen LogP contribution in [0.25, 0.3) is 6.08 Å². The van der Waals surface area contributed by atoms with Crippen LogP contribution in [0.3, 0.4) is 0 Å². The van der Waals surface area contributed by atoms with Crippen molar-refractivity contribution in [2.75, 3.05) is 13.1 Å². The molecule has 0 spiro atoms. The number of hydrogen-bond donors (Lipinski definition) is 0. The quantitative estimate of drug-likeness (QED) is 0.618. The summed E-state index contributed by atoms with van der Waals surface area (Å²) in [6, 6.07) is 4.20. The summed E-state index contributed by atoms with van der Waals surface area (Å²) < 4.78 is 2.25. The van der Waals surface area contributed by atoms with Crippen LogP contribution in [0.2, 0.25) is 0 Å². The number of rotatable bonds is 4. The molecular formula is C20H29N3O. The van der Waals surface area contributed by atoms with Gasteiger partial charge >= 0.3 is 0 Å². The highest BCUT2D eigenvalue weighted by molar-refractivity contribution is 6.01. The van der Waals surface area contributed by atoms with Gasteiger partial charge in [-0.2, -0.15) is 5.26 Å². The molecule has 0 aliphatic carbocycles. The van der Waals surface area contributed by atoms with Gasteiger partial charge in [0.1, 0.15) is 11.6 Å². The fourth-order valence-electron chi connectivity index (χ4n) is 3.48. The number of nitriles is 1. The third-order valence-electron chi connectivity index (χ3n) is 5.01. The van der Waals surface area contributed by atoms with E-state index in [1.54, 1.807) is 6.08 Å². The van der Waals surface area contributed by atoms with Gasteiger partial charge in [0.05, 0.1) is 0 Å². The number of aryl methyl sites for hydroxylation is 1. The smallest absolute Gasteiger partial charge is 0.264 e. The minimum atomic E-state index is -0.119. The molecule has 1 aromatic heterocycles. The molecule has 1 aliphatic rings. The van der Waals surface area contributed by atoms with E-state index in [4.69, 9.17) is 0 Å². The highest BCUT2D eigenvalue weighted by Crippen LogP contribution is 2.21. The van der Waals surface area contributed by atoms with Gasteiger partial charge in [0, 0.05) is 31.0 Å². The number of carbonyl (C=O) groups is 1. The molecule has 24 heavy (non-hydrogen) atoms. The van der Waals surface area contributed by atoms with Gasteiger partial charge in [-0.25, -0.2) is 0 Å². The third-order valence-corrected chi connectivity index (χ3v) is 5.01. The Labute approximate surface area is 145 Å². The van der Waals surface area contributed by atoms with Gasteiger partial charge in [-0.15, -0.1) is 0 Å². The van der Waals surface area contributed by atoms with Crippen LogP contribution in [0.15, 0.2) is 11.6 Å². The first kappa shape index (κ1) is 18.3. The highest BCUT2D eigenvalue weighted by atomic mass is 16.2. The van der Waals surface area contributed by atoms with E-state index in [1.165, 1.54) is 5.69 Å². The summed E-state index contributed by atoms with van der Waals surface area (Å²) in [4.78, 5) is 14.6. The minimum absolute atomic E-state index is 0.119. The predicted octanol–water partition coefficient (Wildman–Crippen LogP) is 4.07. The van der Waals surface area contributed by atoms with Crippen LogP contribution in [0.1, 0.15) is 56.5 Å². The summed E-state index contributed by atoms with van der Waals surface area (Å²) >= 11 is 0. The molecule has 130 valence electrons. The molecule has 2 heterocycles. The van der Waals surface area contributed by atoms with Gasteiger partial charge < -0.3 is 9.47 Å². The largest absolute Gasteiger partial charge is 0.349 e. The molecule has 1 aliphatic heterocycles. The highest BCUT2D eigenvalue weighted by Gasteiger charge is 2.22. The van der Waals surface area contributed by atoms with Crippen LogP contribution in [-0.2, 0) is 11.3 Å². The topological polar surface area (TPSA) is 49.0 Å². The first-order valence-electron chi connectivity index (χ1n) is 9.05. The Bertz CT molecular complexity index is 663. The SMILES string of the molecule is CCCn1c(C)cc(/C=C(\C#N)C(=O)N2CCC[C@H](C)CC2)c1C. The second-order valence-electron chi connectivity index (χ2n) is 6.98. The van der Waals surface area contributed by atoms with Crippen LogP contribution in [-0.4, -0.2) is 28.5 Å². The van der Waals surface area contributed by atoms with Crippen molar-refractivity contribution in [3.63, 3.8) is 0 Å². The Morgan fingerprint density at radius 3 is 2.79 bits per heavy atom. The van der Waals surface area contributed by atoms with Crippen LogP contribution in [0.5, 0.6) is 0 Å². The zero-order valence-corrected chi connectivity index (χ0v) is 15.4. The summed E-state index contributed by atoms with van der Waals surface area (Å²) in [6.45, 7) is 11.0. The zero-order valence-electron chi connectivity index (χ0n) is 15.4. The predicted molar refractivity (Wildman–Crippen MR) is 97.4 cm³/mol. The summed E-state index contributed by atoms with van der Waals surface area (Å²) in [6.07, 6.45) is 6.04. The van der Waals surface area contributed by atoms with E-state index in [0.717, 1.165) is 56.6 Å². The maximum absolute atomic E-state index is 12.8. The Hall–Kier alpha value is -2.02. The van der Waals surface area contributed by atoms with E-state index in [-0.39, 0.29) is 11.5 Å². The van der Waals surface area contributed by atoms with E-state index in [2.05, 4.69) is 44.4 Å². The number of carbonyl (C=O) groups excluding carboxylic acids is 1. The zero-order chi connectivity index (χ0) is 17.7. The van der Waals surface area contributed by atoms with Crippen molar-refractivity contribution in [2.45, 2.75) is 59.9 Å². The average molecular weight is 327 g/mol. The van der Waals surface area contributed by atoms with E-state index >= 15 is 0 Å². The molecule has 1 amide bonds. The lowest BCUT2D eigenvalue weighted by atomic mass is 10.0. The lowest BCUT2D eigenvalue weighted by Gasteiger charge is -2.19. The molecule has 0 unspecified atom stereocenters. The van der Waals surface area contributed by atoms with Crippen LogP contribution in [0.4, 0.5) is 0 Å². The maximum atomic E-state index is 12.8. The summed E-state index contributed by atoms with van der Waals surface area (Å²) in [7, 11) is 0. The molecule has 1 aromatic rings. The monoisotopic (exact) mass is 327 g/mol. The van der Waals surface area contributed by atoms with E-state index in [9.17, 15) is 10.1 Å². The van der Waals surface area contributed by atoms with Crippen molar-refractivity contribution in [3.8, 4) is 6.07 Å². The molecule has 0 saturated carbocycles. The number of likely N-dealkylation sites (tertiary alicyclic amines) is 1. The van der Waals surface area contributed by atoms with Crippen molar-refractivity contribution in [1.29, 1.82) is 5.26 Å². The van der Waals surface area contributed by atoms with Gasteiger partial charge in [0.2, 0.25) is 0 Å². The number of nitrogens with zero attached hydrogens (tertiary/aromatic N) is 3. The maximum Gasteiger partial charge on any atom is 0.264 e. The van der Waals surface area contributed by atoms with Crippen LogP contribution in [0, 0.1) is 31.1 Å². The van der Waals surface area contributed by atoms with Crippen molar-refractivity contribution >= 4 is 12.0 Å². The molecule has 0 radical (unpaired) electrons. The molecule has 1 fully saturated rings. The molecule has 4 nitrogen and oxygen atoms in total. The summed E-state index contributed by atoms with van der Waals surface area (Å²) in [5.74, 6) is 0.539. The Morgan fingerprint density at radius 2 is 2.12 bits per heavy atom. The second-order valence-corrected chi connectivity index (χ2v) is 6.98. The summed E-state index contributed by atoms with van der Waals surface area (Å²) in [5, 5.41) is 9.51. The first-order chi connectivity index (χ1) is 11.5. The van der Waals surface area contributed by atoms with Gasteiger partial charge in [-0.1, -0.05) is 13.8 Å². The Morgan fingerprint density at radius 1 is 1.38 bits per heavy atom. The van der Waals surface area contributed by atoms with Crippen LogP contribution < -0.4 is 0 Å². The minimum Gasteiger partial charge on any atom is -0.349 e. The van der Waals surface area contributed by atoms with E-state index in [0.29, 0.717) is 5.92 Å². The van der Waals surface area contributed by atoms with Gasteiger partial charge in [0.15, 0.2) is 0 Å². The molecule has 0 N–H and O–H groups in total. The van der Waals surface area contributed by atoms with Crippen molar-refractivity contribution in [3.05, 3.63) is 28.6 Å². The normalized spacial score (nSPS) is 19.0. The van der Waals surface area contributed by atoms with Crippen molar-refractivity contribution in [1.82, 2.24) is 9.47 Å². The van der Waals surface area contributed by atoms with E-state index in [1.807, 2.05) is 4.90 Å². The fourth-order valence-corrected chi connectivity index (χ4v) is 3.48. The molecular weight excluding hydrogens is 298 g/mol.